The number of ketones is 1. The van der Waals surface area contributed by atoms with Crippen LogP contribution in [0, 0.1) is 0 Å². The van der Waals surface area contributed by atoms with E-state index in [1.54, 1.807) is 6.08 Å². The van der Waals surface area contributed by atoms with Crippen molar-refractivity contribution in [3.05, 3.63) is 29.6 Å². The number of carbonyl (C=O) groups is 1. The van der Waals surface area contributed by atoms with Crippen LogP contribution in [0.25, 0.3) is 0 Å². The van der Waals surface area contributed by atoms with E-state index in [0.29, 0.717) is 18.3 Å². The number of aromatic nitrogens is 2. The van der Waals surface area contributed by atoms with E-state index in [1.807, 2.05) is 6.08 Å². The third kappa shape index (κ3) is 2.55. The highest BCUT2D eigenvalue weighted by Gasteiger charge is 2.21. The molecule has 0 saturated carbocycles. The maximum absolute atomic E-state index is 11.3. The first kappa shape index (κ1) is 13.1. The third-order valence-corrected chi connectivity index (χ3v) is 3.47. The number of hydrogen-bond acceptors (Lipinski definition) is 2. The van der Waals surface area contributed by atoms with Gasteiger partial charge in [0, 0.05) is 12.1 Å². The summed E-state index contributed by atoms with van der Waals surface area (Å²) < 4.78 is 2.11. The van der Waals surface area contributed by atoms with Crippen LogP contribution in [0.2, 0.25) is 0 Å². The van der Waals surface area contributed by atoms with E-state index in [2.05, 4.69) is 38.4 Å². The number of allylic oxidation sites excluding steroid dienone is 2. The molecule has 3 nitrogen and oxygen atoms in total. The second-order valence-corrected chi connectivity index (χ2v) is 5.68. The quantitative estimate of drug-likeness (QED) is 0.817. The second-order valence-electron chi connectivity index (χ2n) is 5.68. The van der Waals surface area contributed by atoms with Crippen LogP contribution < -0.4 is 0 Å². The molecule has 0 aromatic carbocycles. The molecule has 3 heteroatoms. The molecule has 0 N–H and O–H groups in total. The van der Waals surface area contributed by atoms with E-state index in [-0.39, 0.29) is 11.8 Å². The number of nitrogens with zero attached hydrogens (tertiary/aromatic N) is 2. The Morgan fingerprint density at radius 3 is 2.50 bits per heavy atom. The van der Waals surface area contributed by atoms with Crippen LogP contribution in [0.4, 0.5) is 0 Å². The lowest BCUT2D eigenvalue weighted by atomic mass is 10.0. The monoisotopic (exact) mass is 246 g/mol. The SMILES string of the molecule is CC(C)c1cc(C(C)C)n(C2C=CC(=O)CC2)n1. The van der Waals surface area contributed by atoms with E-state index < -0.39 is 0 Å². The Morgan fingerprint density at radius 1 is 1.28 bits per heavy atom. The predicted octanol–water partition coefficient (Wildman–Crippen LogP) is 3.59. The Labute approximate surface area is 109 Å². The first-order valence-electron chi connectivity index (χ1n) is 6.79. The number of hydrogen-bond donors (Lipinski definition) is 0. The average molecular weight is 246 g/mol. The van der Waals surface area contributed by atoms with E-state index in [0.717, 1.165) is 12.1 Å². The van der Waals surface area contributed by atoms with Gasteiger partial charge in [0.25, 0.3) is 0 Å². The van der Waals surface area contributed by atoms with Crippen molar-refractivity contribution in [1.29, 1.82) is 0 Å². The van der Waals surface area contributed by atoms with Gasteiger partial charge in [-0.3, -0.25) is 9.48 Å². The molecule has 0 saturated heterocycles. The molecule has 1 unspecified atom stereocenters. The van der Waals surface area contributed by atoms with Gasteiger partial charge in [-0.1, -0.05) is 33.8 Å². The van der Waals surface area contributed by atoms with Gasteiger partial charge in [-0.15, -0.1) is 0 Å². The maximum atomic E-state index is 11.3. The van der Waals surface area contributed by atoms with Gasteiger partial charge in [-0.25, -0.2) is 0 Å². The van der Waals surface area contributed by atoms with E-state index >= 15 is 0 Å². The Balaban J connectivity index is 2.36. The lowest BCUT2D eigenvalue weighted by Gasteiger charge is -2.20. The van der Waals surface area contributed by atoms with Gasteiger partial charge in [-0.2, -0.15) is 5.10 Å². The van der Waals surface area contributed by atoms with Crippen LogP contribution in [-0.2, 0) is 4.79 Å². The molecule has 1 atom stereocenters. The summed E-state index contributed by atoms with van der Waals surface area (Å²) in [6.07, 6.45) is 5.20. The average Bonchev–Trinajstić information content (AvgIpc) is 2.75. The van der Waals surface area contributed by atoms with Gasteiger partial charge in [0.1, 0.15) is 0 Å². The van der Waals surface area contributed by atoms with E-state index in [4.69, 9.17) is 5.10 Å². The molecule has 0 aliphatic heterocycles. The summed E-state index contributed by atoms with van der Waals surface area (Å²) in [6, 6.07) is 2.45. The van der Waals surface area contributed by atoms with Crippen molar-refractivity contribution in [2.75, 3.05) is 0 Å². The Hall–Kier alpha value is -1.38. The summed E-state index contributed by atoms with van der Waals surface area (Å²) in [5, 5.41) is 4.73. The van der Waals surface area contributed by atoms with Crippen LogP contribution in [0.3, 0.4) is 0 Å². The van der Waals surface area contributed by atoms with E-state index in [9.17, 15) is 4.79 Å². The summed E-state index contributed by atoms with van der Waals surface area (Å²) in [5.41, 5.74) is 2.41. The summed E-state index contributed by atoms with van der Waals surface area (Å²) in [7, 11) is 0. The van der Waals surface area contributed by atoms with Gasteiger partial charge in [0.05, 0.1) is 11.7 Å². The molecule has 1 aromatic heterocycles. The van der Waals surface area contributed by atoms with Crippen LogP contribution in [0.5, 0.6) is 0 Å². The summed E-state index contributed by atoms with van der Waals surface area (Å²) >= 11 is 0. The number of carbonyl (C=O) groups excluding carboxylic acids is 1. The highest BCUT2D eigenvalue weighted by molar-refractivity contribution is 5.90. The van der Waals surface area contributed by atoms with Crippen LogP contribution in [0.15, 0.2) is 18.2 Å². The molecular formula is C15H22N2O. The second kappa shape index (κ2) is 5.09. The van der Waals surface area contributed by atoms with Crippen molar-refractivity contribution in [3.63, 3.8) is 0 Å². The van der Waals surface area contributed by atoms with Crippen molar-refractivity contribution in [1.82, 2.24) is 9.78 Å². The van der Waals surface area contributed by atoms with Crippen molar-refractivity contribution in [3.8, 4) is 0 Å². The van der Waals surface area contributed by atoms with Gasteiger partial charge in [0.2, 0.25) is 0 Å². The molecule has 1 aromatic rings. The fourth-order valence-corrected chi connectivity index (χ4v) is 2.30. The Kier molecular flexibility index (Phi) is 3.69. The molecule has 0 fully saturated rings. The Bertz CT molecular complexity index is 469. The van der Waals surface area contributed by atoms with Crippen molar-refractivity contribution < 1.29 is 4.79 Å². The maximum Gasteiger partial charge on any atom is 0.155 e. The fraction of sp³-hybridized carbons (Fsp3) is 0.600. The first-order chi connectivity index (χ1) is 8.49. The van der Waals surface area contributed by atoms with Crippen LogP contribution >= 0.6 is 0 Å². The molecule has 0 amide bonds. The molecule has 1 aliphatic rings. The van der Waals surface area contributed by atoms with Gasteiger partial charge >= 0.3 is 0 Å². The van der Waals surface area contributed by atoms with Gasteiger partial charge in [0.15, 0.2) is 5.78 Å². The zero-order valence-corrected chi connectivity index (χ0v) is 11.7. The standard InChI is InChI=1S/C15H22N2O/c1-10(2)14-9-15(11(3)4)17(16-14)12-5-7-13(18)8-6-12/h5,7,9-12H,6,8H2,1-4H3. The highest BCUT2D eigenvalue weighted by Crippen LogP contribution is 2.28. The smallest absolute Gasteiger partial charge is 0.155 e. The molecule has 2 rings (SSSR count). The number of rotatable bonds is 3. The molecule has 0 bridgehead atoms. The minimum atomic E-state index is 0.230. The predicted molar refractivity (Wildman–Crippen MR) is 72.8 cm³/mol. The molecule has 1 aliphatic carbocycles. The normalized spacial score (nSPS) is 20.1. The first-order valence-corrected chi connectivity index (χ1v) is 6.79. The van der Waals surface area contributed by atoms with E-state index in [1.165, 1.54) is 5.69 Å². The van der Waals surface area contributed by atoms with Crippen LogP contribution in [0.1, 0.15) is 69.8 Å². The fourth-order valence-electron chi connectivity index (χ4n) is 2.30. The largest absolute Gasteiger partial charge is 0.295 e. The zero-order chi connectivity index (χ0) is 13.3. The van der Waals surface area contributed by atoms with Gasteiger partial charge < -0.3 is 0 Å². The molecule has 98 valence electrons. The van der Waals surface area contributed by atoms with Crippen molar-refractivity contribution in [2.45, 2.75) is 58.4 Å². The molecule has 1 heterocycles. The molecule has 0 spiro atoms. The highest BCUT2D eigenvalue weighted by atomic mass is 16.1. The lowest BCUT2D eigenvalue weighted by molar-refractivity contribution is -0.115. The van der Waals surface area contributed by atoms with Crippen LogP contribution in [-0.4, -0.2) is 15.6 Å². The van der Waals surface area contributed by atoms with Gasteiger partial charge in [-0.05, 0) is 30.4 Å². The van der Waals surface area contributed by atoms with Crippen molar-refractivity contribution in [2.24, 2.45) is 0 Å². The summed E-state index contributed by atoms with van der Waals surface area (Å²) in [5.74, 6) is 1.13. The molecular weight excluding hydrogens is 224 g/mol. The third-order valence-electron chi connectivity index (χ3n) is 3.47. The molecule has 0 radical (unpaired) electrons. The Morgan fingerprint density at radius 2 is 2.00 bits per heavy atom. The minimum Gasteiger partial charge on any atom is -0.295 e. The van der Waals surface area contributed by atoms with Crippen molar-refractivity contribution >= 4 is 5.78 Å². The molecule has 18 heavy (non-hydrogen) atoms. The topological polar surface area (TPSA) is 34.9 Å². The lowest BCUT2D eigenvalue weighted by Crippen LogP contribution is -2.17. The zero-order valence-electron chi connectivity index (χ0n) is 11.7. The minimum absolute atomic E-state index is 0.230. The summed E-state index contributed by atoms with van der Waals surface area (Å²) in [4.78, 5) is 11.3. The summed E-state index contributed by atoms with van der Waals surface area (Å²) in [6.45, 7) is 8.71.